The Balaban J connectivity index is 1.84. The molecule has 3 aromatic rings. The van der Waals surface area contributed by atoms with Gasteiger partial charge >= 0.3 is 0 Å². The minimum Gasteiger partial charge on any atom is -0.323 e. The normalized spacial score (nSPS) is 12.7. The number of halogens is 1. The van der Waals surface area contributed by atoms with Gasteiger partial charge in [0.15, 0.2) is 0 Å². The first-order valence-corrected chi connectivity index (χ1v) is 7.27. The van der Waals surface area contributed by atoms with Crippen LogP contribution in [-0.2, 0) is 6.42 Å². The monoisotopic (exact) mass is 288 g/mol. The fourth-order valence-electron chi connectivity index (χ4n) is 2.08. The first kappa shape index (κ1) is 12.6. The van der Waals surface area contributed by atoms with E-state index in [1.165, 1.54) is 11.3 Å². The zero-order valence-electron chi connectivity index (χ0n) is 10.2. The van der Waals surface area contributed by atoms with Gasteiger partial charge in [-0.05, 0) is 24.3 Å². The van der Waals surface area contributed by atoms with Crippen molar-refractivity contribution in [2.24, 2.45) is 5.73 Å². The lowest BCUT2D eigenvalue weighted by Crippen LogP contribution is -2.12. The molecule has 0 fully saturated rings. The lowest BCUT2D eigenvalue weighted by atomic mass is 10.1. The number of thiophene rings is 1. The van der Waals surface area contributed by atoms with Gasteiger partial charge in [0.1, 0.15) is 0 Å². The average Bonchev–Trinajstić information content (AvgIpc) is 2.85. The van der Waals surface area contributed by atoms with Crippen molar-refractivity contribution >= 4 is 33.8 Å². The predicted octanol–water partition coefficient (Wildman–Crippen LogP) is 4.19. The number of para-hydroxylation sites is 1. The summed E-state index contributed by atoms with van der Waals surface area (Å²) < 4.78 is 0.775. The molecule has 1 atom stereocenters. The Kier molecular flexibility index (Phi) is 3.51. The van der Waals surface area contributed by atoms with Crippen LogP contribution in [0.5, 0.6) is 0 Å². The zero-order valence-corrected chi connectivity index (χ0v) is 11.8. The van der Waals surface area contributed by atoms with Crippen LogP contribution in [-0.4, -0.2) is 4.98 Å². The average molecular weight is 289 g/mol. The van der Waals surface area contributed by atoms with Crippen LogP contribution in [0.25, 0.3) is 10.9 Å². The Morgan fingerprint density at radius 2 is 1.95 bits per heavy atom. The van der Waals surface area contributed by atoms with Gasteiger partial charge in [-0.2, -0.15) is 0 Å². The number of rotatable bonds is 3. The zero-order chi connectivity index (χ0) is 13.2. The minimum absolute atomic E-state index is 0.0498. The summed E-state index contributed by atoms with van der Waals surface area (Å²) in [4.78, 5) is 5.74. The van der Waals surface area contributed by atoms with Crippen LogP contribution in [0, 0.1) is 0 Å². The fourth-order valence-corrected chi connectivity index (χ4v) is 3.14. The van der Waals surface area contributed by atoms with Crippen molar-refractivity contribution in [3.63, 3.8) is 0 Å². The van der Waals surface area contributed by atoms with E-state index < -0.39 is 0 Å². The topological polar surface area (TPSA) is 38.9 Å². The third kappa shape index (κ3) is 2.78. The molecule has 19 heavy (non-hydrogen) atoms. The predicted molar refractivity (Wildman–Crippen MR) is 81.7 cm³/mol. The van der Waals surface area contributed by atoms with Gasteiger partial charge in [-0.1, -0.05) is 35.9 Å². The summed E-state index contributed by atoms with van der Waals surface area (Å²) in [6, 6.07) is 16.0. The second-order valence-electron chi connectivity index (χ2n) is 4.45. The van der Waals surface area contributed by atoms with Crippen LogP contribution >= 0.6 is 22.9 Å². The third-order valence-electron chi connectivity index (χ3n) is 3.04. The summed E-state index contributed by atoms with van der Waals surface area (Å²) in [5.41, 5.74) is 8.22. The van der Waals surface area contributed by atoms with E-state index in [-0.39, 0.29) is 6.04 Å². The van der Waals surface area contributed by atoms with E-state index in [1.54, 1.807) is 0 Å². The number of benzene rings is 1. The maximum atomic E-state index is 6.20. The molecule has 0 bridgehead atoms. The minimum atomic E-state index is -0.0498. The molecule has 2 N–H and O–H groups in total. The summed E-state index contributed by atoms with van der Waals surface area (Å²) in [6.07, 6.45) is 0.724. The van der Waals surface area contributed by atoms with Crippen LogP contribution in [0.2, 0.25) is 4.34 Å². The third-order valence-corrected chi connectivity index (χ3v) is 4.41. The summed E-state index contributed by atoms with van der Waals surface area (Å²) in [5, 5.41) is 1.15. The number of hydrogen-bond donors (Lipinski definition) is 1. The Bertz CT molecular complexity index is 708. The highest BCUT2D eigenvalue weighted by molar-refractivity contribution is 7.16. The number of nitrogens with zero attached hydrogens (tertiary/aromatic N) is 1. The molecule has 4 heteroatoms. The van der Waals surface area contributed by atoms with E-state index in [0.29, 0.717) is 0 Å². The first-order chi connectivity index (χ1) is 9.22. The van der Waals surface area contributed by atoms with Gasteiger partial charge in [-0.3, -0.25) is 4.98 Å². The van der Waals surface area contributed by atoms with Gasteiger partial charge in [0.05, 0.1) is 9.85 Å². The summed E-state index contributed by atoms with van der Waals surface area (Å²) in [7, 11) is 0. The quantitative estimate of drug-likeness (QED) is 0.785. The van der Waals surface area contributed by atoms with Crippen LogP contribution in [0.3, 0.4) is 0 Å². The van der Waals surface area contributed by atoms with E-state index in [9.17, 15) is 0 Å². The highest BCUT2D eigenvalue weighted by Crippen LogP contribution is 2.27. The number of nitrogens with two attached hydrogens (primary N) is 1. The molecule has 0 saturated carbocycles. The maximum Gasteiger partial charge on any atom is 0.0931 e. The smallest absolute Gasteiger partial charge is 0.0931 e. The fraction of sp³-hybridized carbons (Fsp3) is 0.133. The number of aromatic nitrogens is 1. The van der Waals surface area contributed by atoms with Crippen LogP contribution in [0.4, 0.5) is 0 Å². The molecule has 2 heterocycles. The number of fused-ring (bicyclic) bond motifs is 1. The van der Waals surface area contributed by atoms with E-state index in [2.05, 4.69) is 17.1 Å². The van der Waals surface area contributed by atoms with Gasteiger partial charge in [0.2, 0.25) is 0 Å². The number of pyridine rings is 1. The highest BCUT2D eigenvalue weighted by atomic mass is 35.5. The molecule has 0 aliphatic rings. The summed E-state index contributed by atoms with van der Waals surface area (Å²) in [6.45, 7) is 0. The molecular formula is C15H13ClN2S. The molecule has 0 amide bonds. The van der Waals surface area contributed by atoms with Crippen molar-refractivity contribution in [1.29, 1.82) is 0 Å². The molecule has 0 aliphatic heterocycles. The molecule has 1 unspecified atom stereocenters. The van der Waals surface area contributed by atoms with Crippen LogP contribution in [0.1, 0.15) is 16.6 Å². The van der Waals surface area contributed by atoms with Crippen molar-refractivity contribution in [2.45, 2.75) is 12.5 Å². The molecule has 96 valence electrons. The molecule has 0 saturated heterocycles. The summed E-state index contributed by atoms with van der Waals surface area (Å²) in [5.74, 6) is 0. The first-order valence-electron chi connectivity index (χ1n) is 6.08. The Labute approximate surface area is 120 Å². The Morgan fingerprint density at radius 1 is 1.11 bits per heavy atom. The lowest BCUT2D eigenvalue weighted by Gasteiger charge is -2.09. The maximum absolute atomic E-state index is 6.20. The molecule has 0 radical (unpaired) electrons. The molecular weight excluding hydrogens is 276 g/mol. The largest absolute Gasteiger partial charge is 0.323 e. The van der Waals surface area contributed by atoms with Crippen molar-refractivity contribution in [3.05, 3.63) is 63.4 Å². The van der Waals surface area contributed by atoms with Crippen molar-refractivity contribution in [3.8, 4) is 0 Å². The Hall–Kier alpha value is -1.42. The molecule has 2 aromatic heterocycles. The summed E-state index contributed by atoms with van der Waals surface area (Å²) >= 11 is 7.46. The van der Waals surface area contributed by atoms with Crippen LogP contribution < -0.4 is 5.73 Å². The Morgan fingerprint density at radius 3 is 2.74 bits per heavy atom. The second-order valence-corrected chi connectivity index (χ2v) is 6.19. The van der Waals surface area contributed by atoms with Crippen molar-refractivity contribution < 1.29 is 0 Å². The van der Waals surface area contributed by atoms with E-state index in [0.717, 1.165) is 32.2 Å². The van der Waals surface area contributed by atoms with Gasteiger partial charge < -0.3 is 5.73 Å². The van der Waals surface area contributed by atoms with Gasteiger partial charge in [-0.15, -0.1) is 11.3 Å². The molecule has 0 aliphatic carbocycles. The van der Waals surface area contributed by atoms with Crippen molar-refractivity contribution in [1.82, 2.24) is 4.98 Å². The van der Waals surface area contributed by atoms with Gasteiger partial charge in [0.25, 0.3) is 0 Å². The molecule has 1 aromatic carbocycles. The van der Waals surface area contributed by atoms with Gasteiger partial charge in [0, 0.05) is 28.4 Å². The van der Waals surface area contributed by atoms with E-state index in [1.807, 2.05) is 36.4 Å². The highest BCUT2D eigenvalue weighted by Gasteiger charge is 2.10. The van der Waals surface area contributed by atoms with Crippen molar-refractivity contribution in [2.75, 3.05) is 0 Å². The standard InChI is InChI=1S/C15H13ClN2S/c16-15-8-7-14(19-15)12(17)9-11-6-5-10-3-1-2-4-13(10)18-11/h1-8,12H,9,17H2. The molecule has 0 spiro atoms. The van der Waals surface area contributed by atoms with Gasteiger partial charge in [-0.25, -0.2) is 0 Å². The SMILES string of the molecule is NC(Cc1ccc2ccccc2n1)c1ccc(Cl)s1. The van der Waals surface area contributed by atoms with E-state index >= 15 is 0 Å². The van der Waals surface area contributed by atoms with Crippen LogP contribution in [0.15, 0.2) is 48.5 Å². The molecule has 2 nitrogen and oxygen atoms in total. The van der Waals surface area contributed by atoms with E-state index in [4.69, 9.17) is 17.3 Å². The lowest BCUT2D eigenvalue weighted by molar-refractivity contribution is 0.722. The second kappa shape index (κ2) is 5.29. The molecule has 3 rings (SSSR count). The number of hydrogen-bond acceptors (Lipinski definition) is 3.